The van der Waals surface area contributed by atoms with Crippen LogP contribution >= 0.6 is 0 Å². The molecule has 1 aliphatic heterocycles. The monoisotopic (exact) mass is 243 g/mol. The quantitative estimate of drug-likeness (QED) is 0.740. The van der Waals surface area contributed by atoms with Crippen LogP contribution in [0, 0.1) is 0 Å². The van der Waals surface area contributed by atoms with E-state index in [1.807, 2.05) is 20.8 Å². The SMILES string of the molecule is CC(C)(C)OC(=O)N1CCO[C@H](/C=C/CO)C1. The van der Waals surface area contributed by atoms with Crippen LogP contribution in [0.5, 0.6) is 0 Å². The van der Waals surface area contributed by atoms with Gasteiger partial charge >= 0.3 is 6.09 Å². The summed E-state index contributed by atoms with van der Waals surface area (Å²) in [6.45, 7) is 6.99. The Labute approximate surface area is 102 Å². The van der Waals surface area contributed by atoms with Crippen LogP contribution in [0.3, 0.4) is 0 Å². The van der Waals surface area contributed by atoms with Gasteiger partial charge in [0, 0.05) is 6.54 Å². The number of amides is 1. The molecule has 98 valence electrons. The van der Waals surface area contributed by atoms with Crippen molar-refractivity contribution in [3.8, 4) is 0 Å². The highest BCUT2D eigenvalue weighted by Gasteiger charge is 2.26. The zero-order valence-corrected chi connectivity index (χ0v) is 10.7. The number of carbonyl (C=O) groups excluding carboxylic acids is 1. The van der Waals surface area contributed by atoms with Crippen molar-refractivity contribution < 1.29 is 19.4 Å². The van der Waals surface area contributed by atoms with Gasteiger partial charge in [0.1, 0.15) is 5.60 Å². The van der Waals surface area contributed by atoms with Gasteiger partial charge < -0.3 is 19.5 Å². The Kier molecular flexibility index (Phi) is 4.96. The molecule has 1 amide bonds. The first-order valence-corrected chi connectivity index (χ1v) is 5.79. The molecule has 1 saturated heterocycles. The molecule has 0 saturated carbocycles. The summed E-state index contributed by atoms with van der Waals surface area (Å²) in [5.74, 6) is 0. The van der Waals surface area contributed by atoms with Gasteiger partial charge in [-0.05, 0) is 20.8 Å². The lowest BCUT2D eigenvalue weighted by Crippen LogP contribution is -2.46. The lowest BCUT2D eigenvalue weighted by atomic mass is 10.2. The number of ether oxygens (including phenoxy) is 2. The van der Waals surface area contributed by atoms with Crippen LogP contribution in [-0.4, -0.2) is 54.1 Å². The van der Waals surface area contributed by atoms with Crippen molar-refractivity contribution in [2.75, 3.05) is 26.3 Å². The van der Waals surface area contributed by atoms with E-state index in [1.54, 1.807) is 17.1 Å². The van der Waals surface area contributed by atoms with Crippen LogP contribution in [0.2, 0.25) is 0 Å². The van der Waals surface area contributed by atoms with Crippen LogP contribution < -0.4 is 0 Å². The Hall–Kier alpha value is -1.07. The maximum atomic E-state index is 11.8. The lowest BCUT2D eigenvalue weighted by molar-refractivity contribution is -0.0264. The second-order valence-corrected chi connectivity index (χ2v) is 4.95. The average Bonchev–Trinajstić information content (AvgIpc) is 2.24. The van der Waals surface area contributed by atoms with Gasteiger partial charge in [-0.1, -0.05) is 12.2 Å². The third-order valence-corrected chi connectivity index (χ3v) is 2.20. The molecule has 0 bridgehead atoms. The Morgan fingerprint density at radius 3 is 2.88 bits per heavy atom. The van der Waals surface area contributed by atoms with E-state index in [2.05, 4.69) is 0 Å². The number of carbonyl (C=O) groups is 1. The molecule has 5 nitrogen and oxygen atoms in total. The van der Waals surface area contributed by atoms with Crippen molar-refractivity contribution in [2.45, 2.75) is 32.5 Å². The van der Waals surface area contributed by atoms with Crippen LogP contribution in [0.15, 0.2) is 12.2 Å². The molecule has 0 spiro atoms. The van der Waals surface area contributed by atoms with Crippen molar-refractivity contribution in [1.82, 2.24) is 4.90 Å². The summed E-state index contributed by atoms with van der Waals surface area (Å²) in [5.41, 5.74) is -0.480. The minimum absolute atomic E-state index is 0.0215. The van der Waals surface area contributed by atoms with Crippen molar-refractivity contribution in [3.63, 3.8) is 0 Å². The Bertz CT molecular complexity index is 283. The maximum Gasteiger partial charge on any atom is 0.410 e. The van der Waals surface area contributed by atoms with E-state index >= 15 is 0 Å². The topological polar surface area (TPSA) is 59.0 Å². The summed E-state index contributed by atoms with van der Waals surface area (Å²) >= 11 is 0. The van der Waals surface area contributed by atoms with E-state index in [-0.39, 0.29) is 18.8 Å². The number of rotatable bonds is 2. The summed E-state index contributed by atoms with van der Waals surface area (Å²) in [4.78, 5) is 13.4. The van der Waals surface area contributed by atoms with E-state index < -0.39 is 5.60 Å². The molecule has 1 heterocycles. The summed E-state index contributed by atoms with van der Waals surface area (Å²) in [7, 11) is 0. The van der Waals surface area contributed by atoms with Gasteiger partial charge in [-0.3, -0.25) is 0 Å². The highest BCUT2D eigenvalue weighted by Crippen LogP contribution is 2.13. The predicted octanol–water partition coefficient (Wildman–Crippen LogP) is 1.17. The first-order chi connectivity index (χ1) is 7.92. The zero-order valence-electron chi connectivity index (χ0n) is 10.7. The van der Waals surface area contributed by atoms with E-state index in [1.165, 1.54) is 0 Å². The second kappa shape index (κ2) is 6.02. The van der Waals surface area contributed by atoms with Crippen molar-refractivity contribution >= 4 is 6.09 Å². The molecule has 1 atom stereocenters. The number of aliphatic hydroxyl groups excluding tert-OH is 1. The van der Waals surface area contributed by atoms with Crippen molar-refractivity contribution in [2.24, 2.45) is 0 Å². The lowest BCUT2D eigenvalue weighted by Gasteiger charge is -2.33. The highest BCUT2D eigenvalue weighted by molar-refractivity contribution is 5.68. The molecule has 1 fully saturated rings. The van der Waals surface area contributed by atoms with Gasteiger partial charge in [0.05, 0.1) is 25.9 Å². The maximum absolute atomic E-state index is 11.8. The Morgan fingerprint density at radius 1 is 1.59 bits per heavy atom. The fraction of sp³-hybridized carbons (Fsp3) is 0.750. The first kappa shape index (κ1) is 14.0. The van der Waals surface area contributed by atoms with Gasteiger partial charge in [-0.15, -0.1) is 0 Å². The molecular weight excluding hydrogens is 222 g/mol. The number of morpholine rings is 1. The van der Waals surface area contributed by atoms with Crippen LogP contribution in [0.4, 0.5) is 4.79 Å². The minimum Gasteiger partial charge on any atom is -0.444 e. The van der Waals surface area contributed by atoms with E-state index in [4.69, 9.17) is 14.6 Å². The van der Waals surface area contributed by atoms with Gasteiger partial charge in [0.2, 0.25) is 0 Å². The fourth-order valence-electron chi connectivity index (χ4n) is 1.50. The second-order valence-electron chi connectivity index (χ2n) is 4.95. The normalized spacial score (nSPS) is 21.9. The van der Waals surface area contributed by atoms with Gasteiger partial charge in [0.25, 0.3) is 0 Å². The third-order valence-electron chi connectivity index (χ3n) is 2.20. The molecular formula is C12H21NO4. The largest absolute Gasteiger partial charge is 0.444 e. The molecule has 0 aromatic carbocycles. The standard InChI is InChI=1S/C12H21NO4/c1-12(2,3)17-11(15)13-6-8-16-10(9-13)5-4-7-14/h4-5,10,14H,6-9H2,1-3H3/b5-4+/t10-/m1/s1. The van der Waals surface area contributed by atoms with Gasteiger partial charge in [-0.25, -0.2) is 4.79 Å². The highest BCUT2D eigenvalue weighted by atomic mass is 16.6. The molecule has 1 aliphatic rings. The predicted molar refractivity (Wildman–Crippen MR) is 63.8 cm³/mol. The molecule has 17 heavy (non-hydrogen) atoms. The summed E-state index contributed by atoms with van der Waals surface area (Å²) in [5, 5.41) is 8.68. The molecule has 0 radical (unpaired) electrons. The average molecular weight is 243 g/mol. The van der Waals surface area contributed by atoms with Crippen LogP contribution in [-0.2, 0) is 9.47 Å². The third kappa shape index (κ3) is 5.19. The minimum atomic E-state index is -0.480. The number of aliphatic hydroxyl groups is 1. The van der Waals surface area contributed by atoms with E-state index in [0.29, 0.717) is 19.7 Å². The molecule has 1 N–H and O–H groups in total. The fourth-order valence-corrected chi connectivity index (χ4v) is 1.50. The summed E-state index contributed by atoms with van der Waals surface area (Å²) in [6, 6.07) is 0. The zero-order chi connectivity index (χ0) is 12.9. The molecule has 0 aromatic rings. The van der Waals surface area contributed by atoms with Crippen LogP contribution in [0.25, 0.3) is 0 Å². The first-order valence-electron chi connectivity index (χ1n) is 5.79. The summed E-state index contributed by atoms with van der Waals surface area (Å²) < 4.78 is 10.7. The van der Waals surface area contributed by atoms with Crippen molar-refractivity contribution in [3.05, 3.63) is 12.2 Å². The number of nitrogens with zero attached hydrogens (tertiary/aromatic N) is 1. The number of hydrogen-bond acceptors (Lipinski definition) is 4. The smallest absolute Gasteiger partial charge is 0.410 e. The van der Waals surface area contributed by atoms with Gasteiger partial charge in [0.15, 0.2) is 0 Å². The molecule has 0 unspecified atom stereocenters. The Balaban J connectivity index is 2.49. The van der Waals surface area contributed by atoms with Crippen LogP contribution in [0.1, 0.15) is 20.8 Å². The molecule has 0 aromatic heterocycles. The van der Waals surface area contributed by atoms with Gasteiger partial charge in [-0.2, -0.15) is 0 Å². The summed E-state index contributed by atoms with van der Waals surface area (Å²) in [6.07, 6.45) is 2.89. The Morgan fingerprint density at radius 2 is 2.29 bits per heavy atom. The number of hydrogen-bond donors (Lipinski definition) is 1. The molecule has 1 rings (SSSR count). The molecule has 0 aliphatic carbocycles. The van der Waals surface area contributed by atoms with Crippen molar-refractivity contribution in [1.29, 1.82) is 0 Å². The van der Waals surface area contributed by atoms with E-state index in [9.17, 15) is 4.79 Å². The van der Waals surface area contributed by atoms with E-state index in [0.717, 1.165) is 0 Å². The molecule has 5 heteroatoms.